The minimum Gasteiger partial charge on any atom is -0.490 e. The van der Waals surface area contributed by atoms with E-state index in [1.54, 1.807) is 12.1 Å². The van der Waals surface area contributed by atoms with Crippen molar-refractivity contribution in [3.8, 4) is 5.75 Å². The number of aliphatic imine (C=N–C) groups is 1. The predicted molar refractivity (Wildman–Crippen MR) is 74.3 cm³/mol. The van der Waals surface area contributed by atoms with Gasteiger partial charge in [-0.1, -0.05) is 13.3 Å². The van der Waals surface area contributed by atoms with E-state index in [9.17, 15) is 10.1 Å². The highest BCUT2D eigenvalue weighted by atomic mass is 16.6. The second-order valence-electron chi connectivity index (χ2n) is 4.62. The number of fused-ring (bicyclic) bond motifs is 1. The van der Waals surface area contributed by atoms with Crippen LogP contribution in [0.3, 0.4) is 0 Å². The van der Waals surface area contributed by atoms with Crippen LogP contribution in [-0.2, 0) is 6.42 Å². The van der Waals surface area contributed by atoms with E-state index in [1.807, 2.05) is 0 Å². The topological polar surface area (TPSA) is 64.7 Å². The fourth-order valence-electron chi connectivity index (χ4n) is 2.35. The Labute approximate surface area is 112 Å². The fourth-order valence-corrected chi connectivity index (χ4v) is 2.35. The Morgan fingerprint density at radius 1 is 1.47 bits per heavy atom. The molecule has 0 spiro atoms. The number of unbranched alkanes of at least 4 members (excludes halogenated alkanes) is 1. The van der Waals surface area contributed by atoms with Gasteiger partial charge >= 0.3 is 5.69 Å². The Balaban J connectivity index is 2.44. The highest BCUT2D eigenvalue weighted by molar-refractivity contribution is 6.03. The van der Waals surface area contributed by atoms with Crippen molar-refractivity contribution in [3.05, 3.63) is 33.4 Å². The maximum Gasteiger partial charge on any atom is 0.311 e. The zero-order chi connectivity index (χ0) is 13.8. The van der Waals surface area contributed by atoms with Crippen LogP contribution in [0.1, 0.15) is 37.3 Å². The third-order valence-electron chi connectivity index (χ3n) is 3.36. The summed E-state index contributed by atoms with van der Waals surface area (Å²) in [5.74, 6) is 0.334. The van der Waals surface area contributed by atoms with Gasteiger partial charge in [0.15, 0.2) is 5.75 Å². The van der Waals surface area contributed by atoms with E-state index in [1.165, 1.54) is 7.11 Å². The molecule has 0 atom stereocenters. The summed E-state index contributed by atoms with van der Waals surface area (Å²) in [7, 11) is 1.46. The van der Waals surface area contributed by atoms with Crippen LogP contribution in [0.4, 0.5) is 5.69 Å². The summed E-state index contributed by atoms with van der Waals surface area (Å²) >= 11 is 0. The lowest BCUT2D eigenvalue weighted by atomic mass is 9.94. The summed E-state index contributed by atoms with van der Waals surface area (Å²) in [6.45, 7) is 2.88. The molecule has 0 bridgehead atoms. The third-order valence-corrected chi connectivity index (χ3v) is 3.36. The molecule has 0 amide bonds. The van der Waals surface area contributed by atoms with E-state index in [0.717, 1.165) is 49.1 Å². The SMILES string of the molecule is CCCCC1=NCCc2cc(OC)c([N+](=O)[O-])cc21. The third kappa shape index (κ3) is 2.75. The first kappa shape index (κ1) is 13.5. The zero-order valence-corrected chi connectivity index (χ0v) is 11.3. The lowest BCUT2D eigenvalue weighted by molar-refractivity contribution is -0.385. The molecule has 1 heterocycles. The van der Waals surface area contributed by atoms with Gasteiger partial charge in [0.1, 0.15) is 0 Å². The van der Waals surface area contributed by atoms with Gasteiger partial charge in [-0.15, -0.1) is 0 Å². The van der Waals surface area contributed by atoms with Gasteiger partial charge in [0.05, 0.1) is 12.0 Å². The number of hydrogen-bond acceptors (Lipinski definition) is 4. The summed E-state index contributed by atoms with van der Waals surface area (Å²) in [5, 5.41) is 11.1. The van der Waals surface area contributed by atoms with Crippen LogP contribution in [0.5, 0.6) is 5.75 Å². The van der Waals surface area contributed by atoms with Gasteiger partial charge in [0.25, 0.3) is 0 Å². The Bertz CT molecular complexity index is 524. The number of methoxy groups -OCH3 is 1. The molecule has 0 saturated carbocycles. The Morgan fingerprint density at radius 2 is 2.26 bits per heavy atom. The van der Waals surface area contributed by atoms with Crippen molar-refractivity contribution >= 4 is 11.4 Å². The van der Waals surface area contributed by atoms with Crippen molar-refractivity contribution < 1.29 is 9.66 Å². The molecule has 0 fully saturated rings. The van der Waals surface area contributed by atoms with Gasteiger partial charge in [-0.25, -0.2) is 0 Å². The van der Waals surface area contributed by atoms with Crippen LogP contribution < -0.4 is 4.74 Å². The van der Waals surface area contributed by atoms with E-state index in [2.05, 4.69) is 11.9 Å². The monoisotopic (exact) mass is 262 g/mol. The normalized spacial score (nSPS) is 13.7. The van der Waals surface area contributed by atoms with Gasteiger partial charge in [0, 0.05) is 23.9 Å². The number of nitro benzene ring substituents is 1. The molecule has 5 nitrogen and oxygen atoms in total. The van der Waals surface area contributed by atoms with Crippen molar-refractivity contribution in [2.45, 2.75) is 32.6 Å². The van der Waals surface area contributed by atoms with E-state index in [4.69, 9.17) is 4.74 Å². The molecule has 1 aromatic rings. The molecule has 1 aromatic carbocycles. The molecule has 102 valence electrons. The van der Waals surface area contributed by atoms with E-state index >= 15 is 0 Å². The largest absolute Gasteiger partial charge is 0.490 e. The van der Waals surface area contributed by atoms with Crippen molar-refractivity contribution in [1.29, 1.82) is 0 Å². The standard InChI is InChI=1S/C14H18N2O3/c1-3-4-5-12-11-9-13(16(17)18)14(19-2)8-10(11)6-7-15-12/h8-9H,3-7H2,1-2H3. The second kappa shape index (κ2) is 5.82. The number of rotatable bonds is 5. The summed E-state index contributed by atoms with van der Waals surface area (Å²) < 4.78 is 5.11. The first-order valence-corrected chi connectivity index (χ1v) is 6.56. The number of benzene rings is 1. The van der Waals surface area contributed by atoms with Gasteiger partial charge in [-0.3, -0.25) is 15.1 Å². The van der Waals surface area contributed by atoms with Crippen LogP contribution in [-0.4, -0.2) is 24.3 Å². The van der Waals surface area contributed by atoms with E-state index in [0.29, 0.717) is 5.75 Å². The molecule has 0 radical (unpaired) electrons. The maximum atomic E-state index is 11.1. The highest BCUT2D eigenvalue weighted by Gasteiger charge is 2.22. The first-order chi connectivity index (χ1) is 9.17. The zero-order valence-electron chi connectivity index (χ0n) is 11.3. The minimum absolute atomic E-state index is 0.0207. The maximum absolute atomic E-state index is 11.1. The fraction of sp³-hybridized carbons (Fsp3) is 0.500. The average Bonchev–Trinajstić information content (AvgIpc) is 2.43. The molecular formula is C14H18N2O3. The molecule has 5 heteroatoms. The van der Waals surface area contributed by atoms with Crippen LogP contribution >= 0.6 is 0 Å². The number of hydrogen-bond donors (Lipinski definition) is 0. The van der Waals surface area contributed by atoms with E-state index < -0.39 is 4.92 Å². The van der Waals surface area contributed by atoms with Gasteiger partial charge in [0.2, 0.25) is 0 Å². The van der Waals surface area contributed by atoms with Gasteiger partial charge in [-0.05, 0) is 30.9 Å². The quantitative estimate of drug-likeness (QED) is 0.604. The van der Waals surface area contributed by atoms with Crippen LogP contribution in [0.25, 0.3) is 0 Å². The van der Waals surface area contributed by atoms with Crippen molar-refractivity contribution in [2.75, 3.05) is 13.7 Å². The minimum atomic E-state index is -0.398. The molecule has 2 rings (SSSR count). The summed E-state index contributed by atoms with van der Waals surface area (Å²) in [6.07, 6.45) is 3.84. The van der Waals surface area contributed by atoms with Gasteiger partial charge < -0.3 is 4.74 Å². The molecule has 0 aromatic heterocycles. The van der Waals surface area contributed by atoms with Crippen LogP contribution in [0, 0.1) is 10.1 Å². The van der Waals surface area contributed by atoms with Crippen LogP contribution in [0.2, 0.25) is 0 Å². The second-order valence-corrected chi connectivity index (χ2v) is 4.62. The van der Waals surface area contributed by atoms with Crippen molar-refractivity contribution in [2.24, 2.45) is 4.99 Å². The smallest absolute Gasteiger partial charge is 0.311 e. The highest BCUT2D eigenvalue weighted by Crippen LogP contribution is 2.33. The number of ether oxygens (including phenoxy) is 1. The lowest BCUT2D eigenvalue weighted by Crippen LogP contribution is -2.14. The molecule has 19 heavy (non-hydrogen) atoms. The summed E-state index contributed by atoms with van der Waals surface area (Å²) in [5.41, 5.74) is 3.04. The van der Waals surface area contributed by atoms with E-state index in [-0.39, 0.29) is 5.69 Å². The van der Waals surface area contributed by atoms with Crippen molar-refractivity contribution in [3.63, 3.8) is 0 Å². The average molecular weight is 262 g/mol. The molecule has 0 N–H and O–H groups in total. The Kier molecular flexibility index (Phi) is 4.14. The molecular weight excluding hydrogens is 244 g/mol. The first-order valence-electron chi connectivity index (χ1n) is 6.56. The molecule has 1 aliphatic rings. The Hall–Kier alpha value is -1.91. The number of nitrogens with zero attached hydrogens (tertiary/aromatic N) is 2. The van der Waals surface area contributed by atoms with Crippen LogP contribution in [0.15, 0.2) is 17.1 Å². The predicted octanol–water partition coefficient (Wildman–Crippen LogP) is 3.14. The number of nitro groups is 1. The lowest BCUT2D eigenvalue weighted by Gasteiger charge is -2.17. The molecule has 0 unspecified atom stereocenters. The van der Waals surface area contributed by atoms with Crippen molar-refractivity contribution in [1.82, 2.24) is 0 Å². The van der Waals surface area contributed by atoms with Gasteiger partial charge in [-0.2, -0.15) is 0 Å². The molecule has 0 saturated heterocycles. The summed E-state index contributed by atoms with van der Waals surface area (Å²) in [6, 6.07) is 3.40. The molecule has 0 aliphatic carbocycles. The Morgan fingerprint density at radius 3 is 2.89 bits per heavy atom. The summed E-state index contributed by atoms with van der Waals surface area (Å²) in [4.78, 5) is 15.2. The molecule has 1 aliphatic heterocycles.